The van der Waals surface area contributed by atoms with Gasteiger partial charge in [0.2, 0.25) is 5.09 Å². The maximum atomic E-state index is 11.9. The summed E-state index contributed by atoms with van der Waals surface area (Å²) in [5.41, 5.74) is 0. The van der Waals surface area contributed by atoms with Crippen LogP contribution in [-0.2, 0) is 21.3 Å². The maximum absolute atomic E-state index is 11.9. The van der Waals surface area contributed by atoms with Crippen molar-refractivity contribution in [1.29, 1.82) is 0 Å². The maximum Gasteiger partial charge on any atom is 0.273 e. The molecule has 0 aromatic carbocycles. The van der Waals surface area contributed by atoms with Crippen LogP contribution in [0.25, 0.3) is 0 Å². The van der Waals surface area contributed by atoms with E-state index in [2.05, 4.69) is 10.0 Å². The second kappa shape index (κ2) is 8.31. The van der Waals surface area contributed by atoms with Crippen molar-refractivity contribution in [2.75, 3.05) is 26.8 Å². The third-order valence-electron chi connectivity index (χ3n) is 2.36. The van der Waals surface area contributed by atoms with Crippen LogP contribution in [-0.4, -0.2) is 35.2 Å². The van der Waals surface area contributed by atoms with Gasteiger partial charge in [-0.2, -0.15) is 0 Å². The van der Waals surface area contributed by atoms with Crippen LogP contribution in [0.15, 0.2) is 21.6 Å². The molecule has 0 unspecified atom stereocenters. The second-order valence-electron chi connectivity index (χ2n) is 4.11. The highest BCUT2D eigenvalue weighted by molar-refractivity contribution is 7.89. The molecule has 1 heterocycles. The highest BCUT2D eigenvalue weighted by Crippen LogP contribution is 2.13. The largest absolute Gasteiger partial charge is 0.447 e. The Kier molecular flexibility index (Phi) is 7.07. The van der Waals surface area contributed by atoms with Gasteiger partial charge in [0.15, 0.2) is 0 Å². The van der Waals surface area contributed by atoms with Crippen LogP contribution in [0.3, 0.4) is 0 Å². The van der Waals surface area contributed by atoms with Crippen molar-refractivity contribution in [2.24, 2.45) is 0 Å². The Morgan fingerprint density at radius 2 is 2.11 bits per heavy atom. The van der Waals surface area contributed by atoms with Gasteiger partial charge in [0, 0.05) is 19.8 Å². The summed E-state index contributed by atoms with van der Waals surface area (Å²) in [6, 6.07) is 3.11. The first kappa shape index (κ1) is 16.2. The van der Waals surface area contributed by atoms with Gasteiger partial charge < -0.3 is 14.5 Å². The molecule has 6 nitrogen and oxygen atoms in total. The SMILES string of the molecule is CCCOCCCNS(=O)(=O)c1ccc(CNC)o1. The van der Waals surface area contributed by atoms with Gasteiger partial charge in [0.1, 0.15) is 5.76 Å². The molecule has 0 aliphatic carbocycles. The normalized spacial score (nSPS) is 11.9. The van der Waals surface area contributed by atoms with Gasteiger partial charge in [-0.25, -0.2) is 13.1 Å². The number of nitrogens with one attached hydrogen (secondary N) is 2. The average molecular weight is 290 g/mol. The molecule has 0 aliphatic rings. The Morgan fingerprint density at radius 1 is 1.32 bits per heavy atom. The highest BCUT2D eigenvalue weighted by atomic mass is 32.2. The van der Waals surface area contributed by atoms with Gasteiger partial charge in [0.25, 0.3) is 10.0 Å². The molecule has 1 rings (SSSR count). The Morgan fingerprint density at radius 3 is 2.79 bits per heavy atom. The molecule has 0 saturated carbocycles. The number of hydrogen-bond donors (Lipinski definition) is 2. The van der Waals surface area contributed by atoms with Crippen molar-refractivity contribution in [2.45, 2.75) is 31.4 Å². The minimum Gasteiger partial charge on any atom is -0.447 e. The molecule has 7 heteroatoms. The Hall–Kier alpha value is -0.890. The van der Waals surface area contributed by atoms with E-state index in [-0.39, 0.29) is 5.09 Å². The smallest absolute Gasteiger partial charge is 0.273 e. The number of ether oxygens (including phenoxy) is 1. The molecule has 0 spiro atoms. The van der Waals surface area contributed by atoms with Crippen LogP contribution in [0.4, 0.5) is 0 Å². The molecule has 2 N–H and O–H groups in total. The third kappa shape index (κ3) is 5.73. The van der Waals surface area contributed by atoms with E-state index in [1.54, 1.807) is 13.1 Å². The monoisotopic (exact) mass is 290 g/mol. The van der Waals surface area contributed by atoms with Crippen LogP contribution in [0.5, 0.6) is 0 Å². The van der Waals surface area contributed by atoms with Gasteiger partial charge >= 0.3 is 0 Å². The topological polar surface area (TPSA) is 80.6 Å². The standard InChI is InChI=1S/C12H22N2O4S/c1-3-8-17-9-4-7-14-19(15,16)12-6-5-11(18-12)10-13-2/h5-6,13-14H,3-4,7-10H2,1-2H3. The van der Waals surface area contributed by atoms with Gasteiger partial charge in [-0.15, -0.1) is 0 Å². The zero-order valence-electron chi connectivity index (χ0n) is 11.4. The zero-order valence-corrected chi connectivity index (χ0v) is 12.3. The van der Waals surface area contributed by atoms with E-state index in [0.717, 1.165) is 6.42 Å². The quantitative estimate of drug-likeness (QED) is 0.631. The van der Waals surface area contributed by atoms with E-state index in [1.165, 1.54) is 6.07 Å². The van der Waals surface area contributed by atoms with Crippen molar-refractivity contribution >= 4 is 10.0 Å². The fourth-order valence-corrected chi connectivity index (χ4v) is 2.49. The van der Waals surface area contributed by atoms with Crippen molar-refractivity contribution < 1.29 is 17.6 Å². The first-order chi connectivity index (χ1) is 9.10. The lowest BCUT2D eigenvalue weighted by molar-refractivity contribution is 0.133. The first-order valence-corrected chi connectivity index (χ1v) is 7.89. The fourth-order valence-electron chi connectivity index (χ4n) is 1.47. The van der Waals surface area contributed by atoms with E-state index in [1.807, 2.05) is 6.92 Å². The zero-order chi connectivity index (χ0) is 14.1. The molecular weight excluding hydrogens is 268 g/mol. The molecule has 0 bridgehead atoms. The predicted octanol–water partition coefficient (Wildman–Crippen LogP) is 1.09. The van der Waals surface area contributed by atoms with E-state index in [9.17, 15) is 8.42 Å². The van der Waals surface area contributed by atoms with E-state index < -0.39 is 10.0 Å². The predicted molar refractivity (Wildman–Crippen MR) is 72.4 cm³/mol. The summed E-state index contributed by atoms with van der Waals surface area (Å²) >= 11 is 0. The number of rotatable bonds is 10. The summed E-state index contributed by atoms with van der Waals surface area (Å²) in [7, 11) is -1.78. The van der Waals surface area contributed by atoms with Crippen molar-refractivity contribution in [3.05, 3.63) is 17.9 Å². The Balaban J connectivity index is 2.38. The van der Waals surface area contributed by atoms with Crippen LogP contribution in [0, 0.1) is 0 Å². The molecule has 110 valence electrons. The molecule has 0 aliphatic heterocycles. The Bertz CT molecular complexity index is 456. The molecule has 0 radical (unpaired) electrons. The lowest BCUT2D eigenvalue weighted by Crippen LogP contribution is -2.25. The van der Waals surface area contributed by atoms with Gasteiger partial charge in [-0.05, 0) is 32.0 Å². The number of hydrogen-bond acceptors (Lipinski definition) is 5. The molecule has 19 heavy (non-hydrogen) atoms. The van der Waals surface area contributed by atoms with Crippen molar-refractivity contribution in [1.82, 2.24) is 10.0 Å². The average Bonchev–Trinajstić information content (AvgIpc) is 2.83. The van der Waals surface area contributed by atoms with Crippen LogP contribution in [0.1, 0.15) is 25.5 Å². The summed E-state index contributed by atoms with van der Waals surface area (Å²) in [6.07, 6.45) is 1.61. The minimum atomic E-state index is -3.55. The lowest BCUT2D eigenvalue weighted by Gasteiger charge is -2.05. The van der Waals surface area contributed by atoms with Crippen LogP contribution in [0.2, 0.25) is 0 Å². The van der Waals surface area contributed by atoms with Crippen molar-refractivity contribution in [3.8, 4) is 0 Å². The molecule has 1 aromatic heterocycles. The van der Waals surface area contributed by atoms with E-state index in [4.69, 9.17) is 9.15 Å². The molecule has 0 amide bonds. The second-order valence-corrected chi connectivity index (χ2v) is 5.81. The summed E-state index contributed by atoms with van der Waals surface area (Å²) in [5.74, 6) is 0.592. The molecule has 0 saturated heterocycles. The molecule has 0 fully saturated rings. The number of sulfonamides is 1. The summed E-state index contributed by atoms with van der Waals surface area (Å²) in [6.45, 7) is 4.13. The summed E-state index contributed by atoms with van der Waals surface area (Å²) in [5, 5.41) is 2.85. The van der Waals surface area contributed by atoms with E-state index >= 15 is 0 Å². The molecule has 1 aromatic rings. The van der Waals surface area contributed by atoms with Crippen LogP contribution < -0.4 is 10.0 Å². The third-order valence-corrected chi connectivity index (χ3v) is 3.69. The van der Waals surface area contributed by atoms with Crippen LogP contribution >= 0.6 is 0 Å². The molecular formula is C12H22N2O4S. The summed E-state index contributed by atoms with van der Waals surface area (Å²) < 4.78 is 36.7. The first-order valence-electron chi connectivity index (χ1n) is 6.41. The Labute approximate surface area is 114 Å². The van der Waals surface area contributed by atoms with Crippen molar-refractivity contribution in [3.63, 3.8) is 0 Å². The highest BCUT2D eigenvalue weighted by Gasteiger charge is 2.17. The van der Waals surface area contributed by atoms with Gasteiger partial charge in [-0.1, -0.05) is 6.92 Å². The summed E-state index contributed by atoms with van der Waals surface area (Å²) in [4.78, 5) is 0. The van der Waals surface area contributed by atoms with E-state index in [0.29, 0.717) is 38.5 Å². The fraction of sp³-hybridized carbons (Fsp3) is 0.667. The van der Waals surface area contributed by atoms with Gasteiger partial charge in [0.05, 0.1) is 6.54 Å². The number of furan rings is 1. The minimum absolute atomic E-state index is 0.0489. The van der Waals surface area contributed by atoms with Gasteiger partial charge in [-0.3, -0.25) is 0 Å². The lowest BCUT2D eigenvalue weighted by atomic mass is 10.4. The molecule has 0 atom stereocenters.